The van der Waals surface area contributed by atoms with E-state index in [0.29, 0.717) is 18.7 Å². The number of carbonyl (C=O) groups excluding carboxylic acids is 1. The molecule has 6 heteroatoms. The van der Waals surface area contributed by atoms with Crippen LogP contribution in [0.3, 0.4) is 0 Å². The minimum absolute atomic E-state index is 0.446. The molecule has 1 aromatic carbocycles. The molecule has 0 heterocycles. The fourth-order valence-corrected chi connectivity index (χ4v) is 1.63. The Bertz CT molecular complexity index is 427. The Morgan fingerprint density at radius 1 is 1.50 bits per heavy atom. The standard InChI is InChI=1S/C10H11BrN4O/c11-8-5-7(6-12)1-2-9(8)14-3-4-15-10(13)16/h1-2,5,14H,3-4H2,(H3,13,15,16). The molecular weight excluding hydrogens is 272 g/mol. The highest BCUT2D eigenvalue weighted by molar-refractivity contribution is 9.10. The van der Waals surface area contributed by atoms with Crippen molar-refractivity contribution in [3.8, 4) is 6.07 Å². The lowest BCUT2D eigenvalue weighted by Crippen LogP contribution is -2.33. The number of benzene rings is 1. The fourth-order valence-electron chi connectivity index (χ4n) is 1.11. The molecule has 0 aliphatic carbocycles. The molecule has 0 aromatic heterocycles. The molecule has 5 nitrogen and oxygen atoms in total. The first-order valence-corrected chi connectivity index (χ1v) is 5.39. The predicted molar refractivity (Wildman–Crippen MR) is 64.9 cm³/mol. The Balaban J connectivity index is 2.49. The van der Waals surface area contributed by atoms with Crippen LogP contribution in [0.25, 0.3) is 0 Å². The summed E-state index contributed by atoms with van der Waals surface area (Å²) in [7, 11) is 0. The van der Waals surface area contributed by atoms with E-state index in [0.717, 1.165) is 10.2 Å². The summed E-state index contributed by atoms with van der Waals surface area (Å²) >= 11 is 3.34. The molecule has 0 aliphatic rings. The van der Waals surface area contributed by atoms with Gasteiger partial charge >= 0.3 is 6.03 Å². The van der Waals surface area contributed by atoms with Gasteiger partial charge in [0.15, 0.2) is 0 Å². The number of halogens is 1. The number of primary amides is 1. The second-order valence-electron chi connectivity index (χ2n) is 3.02. The number of urea groups is 1. The first kappa shape index (κ1) is 12.3. The molecule has 16 heavy (non-hydrogen) atoms. The average Bonchev–Trinajstić information content (AvgIpc) is 2.25. The normalized spacial score (nSPS) is 9.25. The SMILES string of the molecule is N#Cc1ccc(NCCNC(N)=O)c(Br)c1. The van der Waals surface area contributed by atoms with E-state index in [4.69, 9.17) is 11.0 Å². The van der Waals surface area contributed by atoms with Crippen LogP contribution in [0.15, 0.2) is 22.7 Å². The smallest absolute Gasteiger partial charge is 0.312 e. The van der Waals surface area contributed by atoms with Crippen molar-refractivity contribution in [1.29, 1.82) is 5.26 Å². The first-order valence-electron chi connectivity index (χ1n) is 4.60. The number of nitrogens with zero attached hydrogens (tertiary/aromatic N) is 1. The second-order valence-corrected chi connectivity index (χ2v) is 3.88. The van der Waals surface area contributed by atoms with Gasteiger partial charge in [-0.3, -0.25) is 0 Å². The van der Waals surface area contributed by atoms with Crippen LogP contribution in [0.4, 0.5) is 10.5 Å². The number of nitriles is 1. The van der Waals surface area contributed by atoms with Crippen molar-refractivity contribution in [3.63, 3.8) is 0 Å². The molecular formula is C10H11BrN4O. The van der Waals surface area contributed by atoms with Crippen molar-refractivity contribution in [2.75, 3.05) is 18.4 Å². The van der Waals surface area contributed by atoms with Gasteiger partial charge in [0.1, 0.15) is 0 Å². The van der Waals surface area contributed by atoms with Crippen LogP contribution in [0.2, 0.25) is 0 Å². The van der Waals surface area contributed by atoms with Crippen LogP contribution >= 0.6 is 15.9 Å². The summed E-state index contributed by atoms with van der Waals surface area (Å²) in [6, 6.07) is 6.75. The van der Waals surface area contributed by atoms with Gasteiger partial charge in [0, 0.05) is 23.2 Å². The molecule has 0 radical (unpaired) electrons. The highest BCUT2D eigenvalue weighted by atomic mass is 79.9. The van der Waals surface area contributed by atoms with Crippen LogP contribution < -0.4 is 16.4 Å². The van der Waals surface area contributed by atoms with Crippen molar-refractivity contribution >= 4 is 27.6 Å². The maximum absolute atomic E-state index is 10.4. The largest absolute Gasteiger partial charge is 0.382 e. The lowest BCUT2D eigenvalue weighted by molar-refractivity contribution is 0.249. The molecule has 0 aliphatic heterocycles. The highest BCUT2D eigenvalue weighted by Crippen LogP contribution is 2.22. The van der Waals surface area contributed by atoms with E-state index in [1.807, 2.05) is 6.07 Å². The van der Waals surface area contributed by atoms with Crippen molar-refractivity contribution in [1.82, 2.24) is 5.32 Å². The monoisotopic (exact) mass is 282 g/mol. The number of nitrogens with two attached hydrogens (primary N) is 1. The van der Waals surface area contributed by atoms with E-state index in [1.165, 1.54) is 0 Å². The lowest BCUT2D eigenvalue weighted by Gasteiger charge is -2.08. The Hall–Kier alpha value is -1.74. The number of nitrogens with one attached hydrogen (secondary N) is 2. The molecule has 84 valence electrons. The van der Waals surface area contributed by atoms with Gasteiger partial charge in [0.25, 0.3) is 0 Å². The molecule has 0 saturated heterocycles. The summed E-state index contributed by atoms with van der Waals surface area (Å²) in [5.41, 5.74) is 6.37. The summed E-state index contributed by atoms with van der Waals surface area (Å²) in [4.78, 5) is 10.4. The quantitative estimate of drug-likeness (QED) is 0.729. The molecule has 4 N–H and O–H groups in total. The van der Waals surface area contributed by atoms with Crippen molar-refractivity contribution < 1.29 is 4.79 Å². The van der Waals surface area contributed by atoms with Gasteiger partial charge in [-0.25, -0.2) is 4.79 Å². The zero-order valence-corrected chi connectivity index (χ0v) is 10.0. The van der Waals surface area contributed by atoms with Gasteiger partial charge in [-0.1, -0.05) is 0 Å². The summed E-state index contributed by atoms with van der Waals surface area (Å²) in [5.74, 6) is 0. The molecule has 0 bridgehead atoms. The Morgan fingerprint density at radius 3 is 2.81 bits per heavy atom. The van der Waals surface area contributed by atoms with Crippen LogP contribution in [-0.2, 0) is 0 Å². The molecule has 0 atom stereocenters. The second kappa shape index (κ2) is 5.98. The number of carbonyl (C=O) groups is 1. The summed E-state index contributed by atoms with van der Waals surface area (Å²) in [5, 5.41) is 14.2. The third kappa shape index (κ3) is 3.79. The number of hydrogen-bond acceptors (Lipinski definition) is 3. The average molecular weight is 283 g/mol. The van der Waals surface area contributed by atoms with Gasteiger partial charge in [0.2, 0.25) is 0 Å². The molecule has 1 rings (SSSR count). The zero-order chi connectivity index (χ0) is 12.0. The Kier molecular flexibility index (Phi) is 4.61. The van der Waals surface area contributed by atoms with Gasteiger partial charge in [-0.15, -0.1) is 0 Å². The Labute approximate surface area is 102 Å². The van der Waals surface area contributed by atoms with Crippen LogP contribution in [0, 0.1) is 11.3 Å². The highest BCUT2D eigenvalue weighted by Gasteiger charge is 2.00. The molecule has 0 unspecified atom stereocenters. The molecule has 0 spiro atoms. The van der Waals surface area contributed by atoms with E-state index in [9.17, 15) is 4.79 Å². The van der Waals surface area contributed by atoms with Gasteiger partial charge in [-0.05, 0) is 34.1 Å². The molecule has 1 aromatic rings. The van der Waals surface area contributed by atoms with Gasteiger partial charge in [-0.2, -0.15) is 5.26 Å². The third-order valence-electron chi connectivity index (χ3n) is 1.84. The fraction of sp³-hybridized carbons (Fsp3) is 0.200. The minimum atomic E-state index is -0.541. The van der Waals surface area contributed by atoms with Crippen molar-refractivity contribution in [3.05, 3.63) is 28.2 Å². The van der Waals surface area contributed by atoms with Gasteiger partial charge < -0.3 is 16.4 Å². The third-order valence-corrected chi connectivity index (χ3v) is 2.49. The van der Waals surface area contributed by atoms with Crippen LogP contribution in [0.5, 0.6) is 0 Å². The van der Waals surface area contributed by atoms with E-state index >= 15 is 0 Å². The van der Waals surface area contributed by atoms with E-state index in [2.05, 4.69) is 26.6 Å². The maximum Gasteiger partial charge on any atom is 0.312 e. The Morgan fingerprint density at radius 2 is 2.25 bits per heavy atom. The van der Waals surface area contributed by atoms with Crippen LogP contribution in [-0.4, -0.2) is 19.1 Å². The topological polar surface area (TPSA) is 90.9 Å². The van der Waals surface area contributed by atoms with Crippen LogP contribution in [0.1, 0.15) is 5.56 Å². The van der Waals surface area contributed by atoms with E-state index < -0.39 is 6.03 Å². The number of amides is 2. The zero-order valence-electron chi connectivity index (χ0n) is 8.46. The lowest BCUT2D eigenvalue weighted by atomic mass is 10.2. The number of rotatable bonds is 4. The molecule has 0 saturated carbocycles. The van der Waals surface area contributed by atoms with Crippen molar-refractivity contribution in [2.45, 2.75) is 0 Å². The first-order chi connectivity index (χ1) is 7.63. The number of hydrogen-bond donors (Lipinski definition) is 3. The maximum atomic E-state index is 10.4. The summed E-state index contributed by atoms with van der Waals surface area (Å²) in [6.45, 7) is 1.01. The summed E-state index contributed by atoms with van der Waals surface area (Å²) in [6.07, 6.45) is 0. The van der Waals surface area contributed by atoms with E-state index in [-0.39, 0.29) is 0 Å². The predicted octanol–water partition coefficient (Wildman–Crippen LogP) is 1.40. The van der Waals surface area contributed by atoms with Gasteiger partial charge in [0.05, 0.1) is 11.6 Å². The van der Waals surface area contributed by atoms with Crippen molar-refractivity contribution in [2.24, 2.45) is 5.73 Å². The summed E-state index contributed by atoms with van der Waals surface area (Å²) < 4.78 is 0.811. The van der Waals surface area contributed by atoms with E-state index in [1.54, 1.807) is 18.2 Å². The molecule has 0 fully saturated rings. The number of anilines is 1. The minimum Gasteiger partial charge on any atom is -0.382 e. The molecule has 2 amide bonds.